The molecule has 3 saturated carbocycles. The number of nitrogens with one attached hydrogen (secondary N) is 1. The first-order chi connectivity index (χ1) is 24.3. The summed E-state index contributed by atoms with van der Waals surface area (Å²) in [5.41, 5.74) is -8.88. The zero-order chi connectivity index (χ0) is 38.6. The third kappa shape index (κ3) is 7.35. The lowest BCUT2D eigenvalue weighted by molar-refractivity contribution is -0.757. The highest BCUT2D eigenvalue weighted by Gasteiger charge is 2.78. The summed E-state index contributed by atoms with van der Waals surface area (Å²) in [6.45, 7) is 0.583. The second-order valence-electron chi connectivity index (χ2n) is 13.8. The summed E-state index contributed by atoms with van der Waals surface area (Å²) in [5, 5.41) is 44.3. The van der Waals surface area contributed by atoms with Crippen molar-refractivity contribution in [2.75, 3.05) is 26.4 Å². The van der Waals surface area contributed by atoms with E-state index in [2.05, 4.69) is 15.0 Å². The normalized spacial score (nSPS) is 34.5. The Morgan fingerprint density at radius 2 is 1.60 bits per heavy atom. The van der Waals surface area contributed by atoms with Crippen molar-refractivity contribution in [1.29, 1.82) is 0 Å². The zero-order valence-electron chi connectivity index (χ0n) is 28.5. The predicted octanol–water partition coefficient (Wildman–Crippen LogP) is 1.15. The molecule has 0 bridgehead atoms. The molecule has 0 aromatic rings. The van der Waals surface area contributed by atoms with Crippen molar-refractivity contribution in [1.82, 2.24) is 5.32 Å². The van der Waals surface area contributed by atoms with Crippen molar-refractivity contribution < 1.29 is 72.3 Å². The van der Waals surface area contributed by atoms with E-state index in [4.69, 9.17) is 9.47 Å². The number of Topliss-reactive ketones (excluding diaryl/α,β-unsaturated/α-hetero) is 1. The Morgan fingerprint density at radius 1 is 0.962 bits per heavy atom. The molecule has 3 N–H and O–H groups in total. The number of allylic oxidation sites excluding steroid dienone is 4. The summed E-state index contributed by atoms with van der Waals surface area (Å²) in [6, 6.07) is 0. The van der Waals surface area contributed by atoms with E-state index >= 15 is 8.78 Å². The van der Waals surface area contributed by atoms with Crippen LogP contribution in [0.2, 0.25) is 0 Å². The minimum atomic E-state index is -2.60. The van der Waals surface area contributed by atoms with Gasteiger partial charge in [0.2, 0.25) is 17.3 Å². The number of ether oxygens (including phenoxy) is 2. The Labute approximate surface area is 295 Å². The van der Waals surface area contributed by atoms with E-state index in [0.717, 1.165) is 12.2 Å². The van der Waals surface area contributed by atoms with Gasteiger partial charge < -0.3 is 34.7 Å². The SMILES string of the molecule is C[C@]12C=CC(=O)C=C1[C@@H](F)CC1C3C[C@@H](O)[C@](OC(=O)CCCO[N+](=O)[O-])(C(=O)COC(=O)CCNC(=O)CCCO[N+](=O)[O-])[C@@]3(C)C[C@H](O)[C@@]12F. The van der Waals surface area contributed by atoms with Gasteiger partial charge in [-0.15, -0.1) is 20.2 Å². The summed E-state index contributed by atoms with van der Waals surface area (Å²) in [5.74, 6) is -6.83. The summed E-state index contributed by atoms with van der Waals surface area (Å²) in [4.78, 5) is 93.0. The monoisotopic (exact) mass is 745 g/mol. The quantitative estimate of drug-likeness (QED) is 0.0816. The number of carbonyl (C=O) groups is 5. The van der Waals surface area contributed by atoms with Crippen molar-refractivity contribution in [3.63, 3.8) is 0 Å². The van der Waals surface area contributed by atoms with Crippen LogP contribution in [0.4, 0.5) is 8.78 Å². The molecule has 0 aliphatic heterocycles. The molecule has 0 radical (unpaired) electrons. The average molecular weight is 746 g/mol. The second-order valence-corrected chi connectivity index (χ2v) is 13.8. The van der Waals surface area contributed by atoms with Crippen LogP contribution < -0.4 is 5.32 Å². The fourth-order valence-electron chi connectivity index (χ4n) is 8.62. The smallest absolute Gasteiger partial charge is 0.308 e. The lowest BCUT2D eigenvalue weighted by Gasteiger charge is -2.63. The maximum atomic E-state index is 17.6. The number of halogens is 2. The molecule has 0 heterocycles. The van der Waals surface area contributed by atoms with Gasteiger partial charge in [0, 0.05) is 36.1 Å². The van der Waals surface area contributed by atoms with Crippen LogP contribution in [0, 0.1) is 42.9 Å². The molecule has 288 valence electrons. The second kappa shape index (κ2) is 15.6. The third-order valence-corrected chi connectivity index (χ3v) is 11.0. The maximum Gasteiger partial charge on any atom is 0.308 e. The summed E-state index contributed by atoms with van der Waals surface area (Å²) in [7, 11) is 0. The van der Waals surface area contributed by atoms with Crippen LogP contribution in [0.1, 0.15) is 65.2 Å². The molecule has 18 nitrogen and oxygen atoms in total. The van der Waals surface area contributed by atoms with Crippen molar-refractivity contribution in [3.8, 4) is 0 Å². The standard InChI is InChI=1S/C32H41F2N3O15/c1-29-9-7-18(38)13-21(29)22(33)14-20-19-15-23(39)32(30(19,2)16-24(40)31(20,29)34,52-28(44)6-4-12-51-37(47)48)25(41)17-49-27(43)8-10-35-26(42)5-3-11-50-36(45)46/h7,9,13,19-20,22-24,39-40H,3-6,8,10-12,14-17H2,1-2H3,(H,35,42)/t19?,20?,22-,23+,24-,29-,30-,31-,32-/m0/s1. The van der Waals surface area contributed by atoms with E-state index in [9.17, 15) is 54.4 Å². The minimum absolute atomic E-state index is 0.0238. The Bertz CT molecular complexity index is 1540. The van der Waals surface area contributed by atoms with Gasteiger partial charge in [-0.05, 0) is 62.7 Å². The Balaban J connectivity index is 1.56. The van der Waals surface area contributed by atoms with Crippen LogP contribution in [0.25, 0.3) is 0 Å². The molecule has 4 rings (SSSR count). The molecule has 0 aromatic heterocycles. The van der Waals surface area contributed by atoms with Crippen LogP contribution in [0.15, 0.2) is 23.8 Å². The highest BCUT2D eigenvalue weighted by Crippen LogP contribution is 2.70. The van der Waals surface area contributed by atoms with Crippen LogP contribution in [0.5, 0.6) is 0 Å². The van der Waals surface area contributed by atoms with E-state index < -0.39 is 137 Å². The molecule has 4 aliphatic carbocycles. The van der Waals surface area contributed by atoms with Gasteiger partial charge in [0.15, 0.2) is 18.1 Å². The Kier molecular flexibility index (Phi) is 12.0. The summed E-state index contributed by atoms with van der Waals surface area (Å²) >= 11 is 0. The van der Waals surface area contributed by atoms with Crippen molar-refractivity contribution in [2.24, 2.45) is 22.7 Å². The van der Waals surface area contributed by atoms with E-state index in [1.54, 1.807) is 0 Å². The van der Waals surface area contributed by atoms with E-state index in [1.807, 2.05) is 0 Å². The van der Waals surface area contributed by atoms with E-state index in [0.29, 0.717) is 0 Å². The molecule has 9 atom stereocenters. The van der Waals surface area contributed by atoms with Gasteiger partial charge in [-0.1, -0.05) is 13.0 Å². The highest BCUT2D eigenvalue weighted by atomic mass is 19.1. The molecular weight excluding hydrogens is 704 g/mol. The number of aliphatic hydroxyl groups is 2. The van der Waals surface area contributed by atoms with Gasteiger partial charge in [-0.3, -0.25) is 24.0 Å². The number of hydrogen-bond donors (Lipinski definition) is 3. The number of ketones is 2. The van der Waals surface area contributed by atoms with Gasteiger partial charge >= 0.3 is 11.9 Å². The van der Waals surface area contributed by atoms with Crippen LogP contribution in [-0.4, -0.2) is 106 Å². The number of amides is 1. The van der Waals surface area contributed by atoms with Gasteiger partial charge in [0.1, 0.15) is 12.3 Å². The molecule has 20 heteroatoms. The lowest BCUT2D eigenvalue weighted by atomic mass is 9.44. The van der Waals surface area contributed by atoms with Gasteiger partial charge in [0.25, 0.3) is 10.2 Å². The van der Waals surface area contributed by atoms with Crippen molar-refractivity contribution >= 4 is 29.4 Å². The van der Waals surface area contributed by atoms with E-state index in [-0.39, 0.29) is 38.0 Å². The molecule has 1 amide bonds. The zero-order valence-corrected chi connectivity index (χ0v) is 28.5. The molecule has 0 spiro atoms. The number of nitrogens with zero attached hydrogens (tertiary/aromatic N) is 2. The molecular formula is C32H41F2N3O15. The molecule has 0 saturated heterocycles. The lowest BCUT2D eigenvalue weighted by Crippen LogP contribution is -2.71. The first-order valence-corrected chi connectivity index (χ1v) is 16.7. The summed E-state index contributed by atoms with van der Waals surface area (Å²) < 4.78 is 44.3. The molecule has 4 aliphatic rings. The first-order valence-electron chi connectivity index (χ1n) is 16.7. The minimum Gasteiger partial charge on any atom is -0.457 e. The van der Waals surface area contributed by atoms with Crippen LogP contribution in [0.3, 0.4) is 0 Å². The molecule has 2 unspecified atom stereocenters. The fraction of sp³-hybridized carbons (Fsp3) is 0.719. The largest absolute Gasteiger partial charge is 0.457 e. The van der Waals surface area contributed by atoms with Crippen molar-refractivity contribution in [3.05, 3.63) is 44.0 Å². The predicted molar refractivity (Wildman–Crippen MR) is 167 cm³/mol. The summed E-state index contributed by atoms with van der Waals surface area (Å²) in [6.07, 6.45) is -5.26. The number of fused-ring (bicyclic) bond motifs is 5. The van der Waals surface area contributed by atoms with E-state index in [1.165, 1.54) is 19.9 Å². The first kappa shape index (κ1) is 40.2. The third-order valence-electron chi connectivity index (χ3n) is 11.0. The molecule has 52 heavy (non-hydrogen) atoms. The number of carbonyl (C=O) groups excluding carboxylic acids is 5. The number of aliphatic hydroxyl groups excluding tert-OH is 2. The van der Waals surface area contributed by atoms with Crippen LogP contribution >= 0.6 is 0 Å². The molecule has 3 fully saturated rings. The number of rotatable bonds is 17. The topological polar surface area (TPSA) is 261 Å². The van der Waals surface area contributed by atoms with Gasteiger partial charge in [0.05, 0.1) is 25.7 Å². The number of alkyl halides is 2. The molecule has 0 aromatic carbocycles. The Hall–Kier alpha value is -4.59. The van der Waals surface area contributed by atoms with Crippen molar-refractivity contribution in [2.45, 2.75) is 94.9 Å². The van der Waals surface area contributed by atoms with Crippen LogP contribution in [-0.2, 0) is 43.1 Å². The fourth-order valence-corrected chi connectivity index (χ4v) is 8.62. The number of hydrogen-bond acceptors (Lipinski definition) is 15. The Morgan fingerprint density at radius 3 is 2.23 bits per heavy atom. The highest BCUT2D eigenvalue weighted by molar-refractivity contribution is 6.01. The average Bonchev–Trinajstić information content (AvgIpc) is 3.28. The van der Waals surface area contributed by atoms with Gasteiger partial charge in [-0.2, -0.15) is 0 Å². The maximum absolute atomic E-state index is 17.6. The number of esters is 2. The van der Waals surface area contributed by atoms with Gasteiger partial charge in [-0.25, -0.2) is 8.78 Å².